The lowest BCUT2D eigenvalue weighted by Gasteiger charge is -2.24. The van der Waals surface area contributed by atoms with Crippen LogP contribution in [0.1, 0.15) is 42.6 Å². The van der Waals surface area contributed by atoms with Crippen LogP contribution in [-0.4, -0.2) is 23.4 Å². The topological polar surface area (TPSA) is 44.1 Å². The van der Waals surface area contributed by atoms with Crippen LogP contribution in [0.15, 0.2) is 24.3 Å². The van der Waals surface area contributed by atoms with Crippen molar-refractivity contribution < 1.29 is 4.79 Å². The molecular weight excluding hydrogens is 224 g/mol. The van der Waals surface area contributed by atoms with Crippen LogP contribution in [0.2, 0.25) is 0 Å². The van der Waals surface area contributed by atoms with E-state index in [1.165, 1.54) is 0 Å². The molecule has 0 radical (unpaired) electrons. The smallest absolute Gasteiger partial charge is 0.254 e. The van der Waals surface area contributed by atoms with Gasteiger partial charge in [-0.15, -0.1) is 0 Å². The van der Waals surface area contributed by atoms with Gasteiger partial charge in [-0.3, -0.25) is 4.79 Å². The lowest BCUT2D eigenvalue weighted by molar-refractivity contribution is 0.0722. The number of rotatable bonds is 4. The Hall–Kier alpha value is -1.82. The highest BCUT2D eigenvalue weighted by molar-refractivity contribution is 5.95. The minimum absolute atomic E-state index is 0.0586. The average molecular weight is 242 g/mol. The summed E-state index contributed by atoms with van der Waals surface area (Å²) in [6.07, 6.45) is 2.22. The molecule has 1 aliphatic carbocycles. The molecule has 0 aliphatic heterocycles. The van der Waals surface area contributed by atoms with Crippen LogP contribution in [0.5, 0.6) is 0 Å². The molecule has 1 aromatic carbocycles. The van der Waals surface area contributed by atoms with Crippen molar-refractivity contribution in [3.63, 3.8) is 0 Å². The first-order chi connectivity index (χ1) is 8.61. The lowest BCUT2D eigenvalue weighted by Crippen LogP contribution is -2.36. The number of hydrogen-bond acceptors (Lipinski definition) is 2. The van der Waals surface area contributed by atoms with Crippen LogP contribution in [0, 0.1) is 17.2 Å². The van der Waals surface area contributed by atoms with Gasteiger partial charge >= 0.3 is 0 Å². The molecule has 0 spiro atoms. The normalized spacial score (nSPS) is 14.3. The van der Waals surface area contributed by atoms with Gasteiger partial charge in [0.15, 0.2) is 0 Å². The van der Waals surface area contributed by atoms with Gasteiger partial charge in [-0.2, -0.15) is 5.26 Å². The SMILES string of the molecule is CC(C)CN(C(=O)c1cccc(C#N)c1)C1CC1. The first kappa shape index (κ1) is 12.6. The van der Waals surface area contributed by atoms with Gasteiger partial charge in [0.2, 0.25) is 0 Å². The molecule has 94 valence electrons. The molecule has 0 saturated heterocycles. The minimum atomic E-state index is 0.0586. The monoisotopic (exact) mass is 242 g/mol. The standard InChI is InChI=1S/C15H18N2O/c1-11(2)10-17(14-6-7-14)15(18)13-5-3-4-12(8-13)9-16/h3-5,8,11,14H,6-7,10H2,1-2H3. The quantitative estimate of drug-likeness (QED) is 0.815. The molecule has 0 atom stereocenters. The highest BCUT2D eigenvalue weighted by Gasteiger charge is 2.33. The second-order valence-corrected chi connectivity index (χ2v) is 5.28. The van der Waals surface area contributed by atoms with Gasteiger partial charge in [0.25, 0.3) is 5.91 Å². The van der Waals surface area contributed by atoms with Crippen molar-refractivity contribution in [3.05, 3.63) is 35.4 Å². The van der Waals surface area contributed by atoms with Crippen LogP contribution in [0.4, 0.5) is 0 Å². The van der Waals surface area contributed by atoms with Crippen molar-refractivity contribution in [3.8, 4) is 6.07 Å². The largest absolute Gasteiger partial charge is 0.335 e. The fourth-order valence-corrected chi connectivity index (χ4v) is 2.07. The number of nitrogens with zero attached hydrogens (tertiary/aromatic N) is 2. The maximum absolute atomic E-state index is 12.4. The Bertz CT molecular complexity index is 484. The van der Waals surface area contributed by atoms with Gasteiger partial charge in [0.1, 0.15) is 0 Å². The second-order valence-electron chi connectivity index (χ2n) is 5.28. The zero-order valence-electron chi connectivity index (χ0n) is 10.9. The third-order valence-corrected chi connectivity index (χ3v) is 3.05. The molecule has 3 heteroatoms. The Morgan fingerprint density at radius 2 is 2.22 bits per heavy atom. The molecule has 1 saturated carbocycles. The lowest BCUT2D eigenvalue weighted by atomic mass is 10.1. The number of benzene rings is 1. The van der Waals surface area contributed by atoms with Crippen molar-refractivity contribution in [1.82, 2.24) is 4.90 Å². The summed E-state index contributed by atoms with van der Waals surface area (Å²) in [7, 11) is 0. The van der Waals surface area contributed by atoms with E-state index >= 15 is 0 Å². The van der Waals surface area contributed by atoms with Crippen LogP contribution < -0.4 is 0 Å². The predicted octanol–water partition coefficient (Wildman–Crippen LogP) is 2.82. The summed E-state index contributed by atoms with van der Waals surface area (Å²) >= 11 is 0. The third-order valence-electron chi connectivity index (χ3n) is 3.05. The summed E-state index contributed by atoms with van der Waals surface area (Å²) in [5.41, 5.74) is 1.17. The van der Waals surface area contributed by atoms with E-state index in [0.29, 0.717) is 23.1 Å². The van der Waals surface area contributed by atoms with Crippen molar-refractivity contribution in [1.29, 1.82) is 5.26 Å². The summed E-state index contributed by atoms with van der Waals surface area (Å²) in [5.74, 6) is 0.525. The Morgan fingerprint density at radius 3 is 2.78 bits per heavy atom. The zero-order chi connectivity index (χ0) is 13.1. The van der Waals surface area contributed by atoms with E-state index in [-0.39, 0.29) is 5.91 Å². The first-order valence-corrected chi connectivity index (χ1v) is 6.43. The minimum Gasteiger partial charge on any atom is -0.335 e. The predicted molar refractivity (Wildman–Crippen MR) is 70.1 cm³/mol. The molecule has 0 unspecified atom stereocenters. The summed E-state index contributed by atoms with van der Waals surface area (Å²) in [6, 6.07) is 9.45. The van der Waals surface area contributed by atoms with Gasteiger partial charge in [0.05, 0.1) is 11.6 Å². The van der Waals surface area contributed by atoms with E-state index in [4.69, 9.17) is 5.26 Å². The van der Waals surface area contributed by atoms with Crippen LogP contribution in [-0.2, 0) is 0 Å². The Balaban J connectivity index is 2.19. The molecule has 1 aromatic rings. The Labute approximate surface area is 108 Å². The number of nitriles is 1. The zero-order valence-corrected chi connectivity index (χ0v) is 10.9. The molecule has 0 N–H and O–H groups in total. The van der Waals surface area contributed by atoms with E-state index in [0.717, 1.165) is 19.4 Å². The molecule has 1 fully saturated rings. The Kier molecular flexibility index (Phi) is 3.66. The van der Waals surface area contributed by atoms with Gasteiger partial charge in [-0.1, -0.05) is 19.9 Å². The molecule has 0 heterocycles. The summed E-state index contributed by atoms with van der Waals surface area (Å²) in [5, 5.41) is 8.87. The molecule has 1 amide bonds. The van der Waals surface area contributed by atoms with Crippen LogP contribution in [0.3, 0.4) is 0 Å². The molecule has 3 nitrogen and oxygen atoms in total. The highest BCUT2D eigenvalue weighted by atomic mass is 16.2. The van der Waals surface area contributed by atoms with Gasteiger partial charge in [-0.05, 0) is 37.0 Å². The molecule has 1 aliphatic rings. The second kappa shape index (κ2) is 5.22. The molecule has 18 heavy (non-hydrogen) atoms. The van der Waals surface area contributed by atoms with Crippen molar-refractivity contribution in [2.24, 2.45) is 5.92 Å². The van der Waals surface area contributed by atoms with Crippen molar-refractivity contribution in [2.75, 3.05) is 6.54 Å². The van der Waals surface area contributed by atoms with Gasteiger partial charge in [-0.25, -0.2) is 0 Å². The summed E-state index contributed by atoms with van der Waals surface area (Å²) in [4.78, 5) is 14.4. The fourth-order valence-electron chi connectivity index (χ4n) is 2.07. The van der Waals surface area contributed by atoms with Crippen LogP contribution >= 0.6 is 0 Å². The number of hydrogen-bond donors (Lipinski definition) is 0. The van der Waals surface area contributed by atoms with E-state index in [9.17, 15) is 4.79 Å². The molecule has 2 rings (SSSR count). The molecule has 0 aromatic heterocycles. The molecule has 0 bridgehead atoms. The third kappa shape index (κ3) is 2.89. The summed E-state index contributed by atoms with van der Waals surface area (Å²) in [6.45, 7) is 5.03. The maximum atomic E-state index is 12.4. The maximum Gasteiger partial charge on any atom is 0.254 e. The summed E-state index contributed by atoms with van der Waals surface area (Å²) < 4.78 is 0. The Morgan fingerprint density at radius 1 is 1.50 bits per heavy atom. The fraction of sp³-hybridized carbons (Fsp3) is 0.467. The van der Waals surface area contributed by atoms with Crippen molar-refractivity contribution >= 4 is 5.91 Å². The number of amides is 1. The number of carbonyl (C=O) groups excluding carboxylic acids is 1. The van der Waals surface area contributed by atoms with Gasteiger partial charge < -0.3 is 4.90 Å². The molecular formula is C15H18N2O. The van der Waals surface area contributed by atoms with Crippen molar-refractivity contribution in [2.45, 2.75) is 32.7 Å². The van der Waals surface area contributed by atoms with E-state index < -0.39 is 0 Å². The average Bonchev–Trinajstić information content (AvgIpc) is 3.19. The highest BCUT2D eigenvalue weighted by Crippen LogP contribution is 2.29. The van der Waals surface area contributed by atoms with Gasteiger partial charge in [0, 0.05) is 18.2 Å². The van der Waals surface area contributed by atoms with E-state index in [2.05, 4.69) is 19.9 Å². The first-order valence-electron chi connectivity index (χ1n) is 6.43. The van der Waals surface area contributed by atoms with Crippen LogP contribution in [0.25, 0.3) is 0 Å². The van der Waals surface area contributed by atoms with E-state index in [1.807, 2.05) is 4.90 Å². The number of carbonyl (C=O) groups is 1. The van der Waals surface area contributed by atoms with E-state index in [1.54, 1.807) is 24.3 Å².